The first-order valence-electron chi connectivity index (χ1n) is 4.86. The lowest BCUT2D eigenvalue weighted by Crippen LogP contribution is -1.95. The largest absolute Gasteiger partial charge is 0.325 e. The number of nitrogens with zero attached hydrogens (tertiary/aromatic N) is 2. The van der Waals surface area contributed by atoms with Crippen molar-refractivity contribution >= 4 is 11.6 Å². The zero-order valence-corrected chi connectivity index (χ0v) is 8.86. The van der Waals surface area contributed by atoms with E-state index in [1.54, 1.807) is 6.20 Å². The highest BCUT2D eigenvalue weighted by Gasteiger charge is 1.96. The molecule has 2 aromatic heterocycles. The molecule has 0 bridgehead atoms. The van der Waals surface area contributed by atoms with Crippen LogP contribution in [0, 0.1) is 13.8 Å². The van der Waals surface area contributed by atoms with Crippen LogP contribution in [0.1, 0.15) is 11.1 Å². The number of pyridine rings is 2. The van der Waals surface area contributed by atoms with Crippen LogP contribution in [-0.2, 0) is 0 Å². The Balaban J connectivity index is 2.18. The molecule has 3 nitrogen and oxygen atoms in total. The normalized spacial score (nSPS) is 10.0. The molecule has 0 unspecified atom stereocenters. The van der Waals surface area contributed by atoms with Crippen molar-refractivity contribution in [2.24, 2.45) is 0 Å². The number of anilines is 2. The Hall–Kier alpha value is -1.90. The predicted octanol–water partition coefficient (Wildman–Crippen LogP) is 2.84. The first kappa shape index (κ1) is 9.65. The first-order chi connectivity index (χ1) is 7.24. The van der Waals surface area contributed by atoms with Gasteiger partial charge in [-0.1, -0.05) is 6.07 Å². The van der Waals surface area contributed by atoms with E-state index in [0.717, 1.165) is 17.2 Å². The van der Waals surface area contributed by atoms with Gasteiger partial charge in [-0.25, -0.2) is 9.97 Å². The summed E-state index contributed by atoms with van der Waals surface area (Å²) in [7, 11) is 0. The zero-order valence-electron chi connectivity index (χ0n) is 8.86. The molecule has 0 aromatic carbocycles. The number of hydrogen-bond acceptors (Lipinski definition) is 3. The van der Waals surface area contributed by atoms with Gasteiger partial charge in [-0.2, -0.15) is 0 Å². The van der Waals surface area contributed by atoms with E-state index in [9.17, 15) is 0 Å². The highest BCUT2D eigenvalue weighted by molar-refractivity contribution is 5.52. The van der Waals surface area contributed by atoms with Crippen LogP contribution in [-0.4, -0.2) is 9.97 Å². The van der Waals surface area contributed by atoms with Crippen LogP contribution in [0.15, 0.2) is 36.7 Å². The summed E-state index contributed by atoms with van der Waals surface area (Å²) in [5.74, 6) is 1.64. The summed E-state index contributed by atoms with van der Waals surface area (Å²) in [6, 6.07) is 7.92. The van der Waals surface area contributed by atoms with E-state index in [1.807, 2.05) is 44.3 Å². The molecule has 76 valence electrons. The lowest BCUT2D eigenvalue weighted by molar-refractivity contribution is 1.22. The molecule has 15 heavy (non-hydrogen) atoms. The van der Waals surface area contributed by atoms with Gasteiger partial charge in [0.2, 0.25) is 0 Å². The molecule has 0 saturated carbocycles. The molecule has 0 aliphatic carbocycles. The fourth-order valence-corrected chi connectivity index (χ4v) is 1.28. The molecule has 0 aliphatic rings. The second kappa shape index (κ2) is 4.09. The van der Waals surface area contributed by atoms with Crippen molar-refractivity contribution in [3.8, 4) is 0 Å². The molecule has 2 heterocycles. The third kappa shape index (κ3) is 2.53. The number of aryl methyl sites for hydroxylation is 2. The van der Waals surface area contributed by atoms with Crippen molar-refractivity contribution in [1.82, 2.24) is 9.97 Å². The Labute approximate surface area is 89.2 Å². The van der Waals surface area contributed by atoms with Crippen LogP contribution < -0.4 is 5.32 Å². The van der Waals surface area contributed by atoms with Crippen LogP contribution in [0.5, 0.6) is 0 Å². The Morgan fingerprint density at radius 2 is 1.80 bits per heavy atom. The van der Waals surface area contributed by atoms with Crippen molar-refractivity contribution in [2.75, 3.05) is 5.32 Å². The third-order valence-corrected chi connectivity index (χ3v) is 2.08. The molecule has 2 aromatic rings. The van der Waals surface area contributed by atoms with Crippen molar-refractivity contribution in [1.29, 1.82) is 0 Å². The first-order valence-corrected chi connectivity index (χ1v) is 4.86. The monoisotopic (exact) mass is 199 g/mol. The molecule has 1 N–H and O–H groups in total. The van der Waals surface area contributed by atoms with E-state index >= 15 is 0 Å². The standard InChI is InChI=1S/C12H13N3/c1-9-5-6-13-12(7-9)15-11-4-3-10(2)8-14-11/h3-8H,1-2H3,(H,13,14,15). The van der Waals surface area contributed by atoms with Crippen LogP contribution in [0.25, 0.3) is 0 Å². The molecule has 2 rings (SSSR count). The Bertz CT molecular complexity index is 449. The Kier molecular flexibility index (Phi) is 2.63. The predicted molar refractivity (Wildman–Crippen MR) is 61.2 cm³/mol. The highest BCUT2D eigenvalue weighted by atomic mass is 15.0. The summed E-state index contributed by atoms with van der Waals surface area (Å²) >= 11 is 0. The van der Waals surface area contributed by atoms with Crippen molar-refractivity contribution < 1.29 is 0 Å². The summed E-state index contributed by atoms with van der Waals surface area (Å²) in [5.41, 5.74) is 2.33. The number of rotatable bonds is 2. The SMILES string of the molecule is Cc1ccc(Nc2cc(C)ccn2)nc1. The lowest BCUT2D eigenvalue weighted by atomic mass is 10.3. The van der Waals surface area contributed by atoms with E-state index in [4.69, 9.17) is 0 Å². The van der Waals surface area contributed by atoms with Gasteiger partial charge in [0.15, 0.2) is 0 Å². The summed E-state index contributed by atoms with van der Waals surface area (Å²) in [6.45, 7) is 4.05. The van der Waals surface area contributed by atoms with Crippen LogP contribution in [0.2, 0.25) is 0 Å². The van der Waals surface area contributed by atoms with Crippen LogP contribution >= 0.6 is 0 Å². The molecular formula is C12H13N3. The minimum atomic E-state index is 0.818. The number of nitrogens with one attached hydrogen (secondary N) is 1. The van der Waals surface area contributed by atoms with Crippen molar-refractivity contribution in [3.05, 3.63) is 47.8 Å². The van der Waals surface area contributed by atoms with E-state index in [0.29, 0.717) is 0 Å². The lowest BCUT2D eigenvalue weighted by Gasteiger charge is -2.04. The van der Waals surface area contributed by atoms with Gasteiger partial charge in [0.05, 0.1) is 0 Å². The topological polar surface area (TPSA) is 37.8 Å². The molecule has 0 spiro atoms. The molecule has 0 fully saturated rings. The van der Waals surface area contributed by atoms with E-state index < -0.39 is 0 Å². The molecule has 0 amide bonds. The van der Waals surface area contributed by atoms with Crippen molar-refractivity contribution in [3.63, 3.8) is 0 Å². The maximum absolute atomic E-state index is 4.25. The average molecular weight is 199 g/mol. The number of aromatic nitrogens is 2. The average Bonchev–Trinajstić information content (AvgIpc) is 2.22. The Morgan fingerprint density at radius 1 is 0.933 bits per heavy atom. The van der Waals surface area contributed by atoms with E-state index in [1.165, 1.54) is 5.56 Å². The maximum atomic E-state index is 4.25. The fourth-order valence-electron chi connectivity index (χ4n) is 1.28. The van der Waals surface area contributed by atoms with Gasteiger partial charge < -0.3 is 5.32 Å². The third-order valence-electron chi connectivity index (χ3n) is 2.08. The summed E-state index contributed by atoms with van der Waals surface area (Å²) in [6.07, 6.45) is 3.62. The van der Waals surface area contributed by atoms with Gasteiger partial charge in [0.25, 0.3) is 0 Å². The zero-order chi connectivity index (χ0) is 10.7. The van der Waals surface area contributed by atoms with Gasteiger partial charge in [0, 0.05) is 12.4 Å². The van der Waals surface area contributed by atoms with Gasteiger partial charge in [-0.05, 0) is 43.2 Å². The van der Waals surface area contributed by atoms with Gasteiger partial charge in [0.1, 0.15) is 11.6 Å². The number of hydrogen-bond donors (Lipinski definition) is 1. The fraction of sp³-hybridized carbons (Fsp3) is 0.167. The summed E-state index contributed by atoms with van der Waals surface area (Å²) in [4.78, 5) is 8.46. The van der Waals surface area contributed by atoms with Gasteiger partial charge in [-0.15, -0.1) is 0 Å². The molecule has 3 heteroatoms. The highest BCUT2D eigenvalue weighted by Crippen LogP contribution is 2.12. The van der Waals surface area contributed by atoms with E-state index in [-0.39, 0.29) is 0 Å². The second-order valence-electron chi connectivity index (χ2n) is 3.56. The molecule has 0 radical (unpaired) electrons. The second-order valence-corrected chi connectivity index (χ2v) is 3.56. The van der Waals surface area contributed by atoms with Crippen LogP contribution in [0.3, 0.4) is 0 Å². The quantitative estimate of drug-likeness (QED) is 0.808. The van der Waals surface area contributed by atoms with Gasteiger partial charge >= 0.3 is 0 Å². The van der Waals surface area contributed by atoms with Gasteiger partial charge in [-0.3, -0.25) is 0 Å². The molecule has 0 saturated heterocycles. The minimum Gasteiger partial charge on any atom is -0.325 e. The molecule has 0 aliphatic heterocycles. The molecular weight excluding hydrogens is 186 g/mol. The Morgan fingerprint density at radius 3 is 2.47 bits per heavy atom. The van der Waals surface area contributed by atoms with Crippen LogP contribution in [0.4, 0.5) is 11.6 Å². The van der Waals surface area contributed by atoms with Crippen molar-refractivity contribution in [2.45, 2.75) is 13.8 Å². The summed E-state index contributed by atoms with van der Waals surface area (Å²) in [5, 5.41) is 3.15. The smallest absolute Gasteiger partial charge is 0.131 e. The minimum absolute atomic E-state index is 0.818. The molecule has 0 atom stereocenters. The van der Waals surface area contributed by atoms with E-state index in [2.05, 4.69) is 15.3 Å². The maximum Gasteiger partial charge on any atom is 0.131 e. The summed E-state index contributed by atoms with van der Waals surface area (Å²) < 4.78 is 0.